The van der Waals surface area contributed by atoms with E-state index in [1.165, 1.54) is 11.3 Å². The molecule has 0 fully saturated rings. The van der Waals surface area contributed by atoms with Gasteiger partial charge in [0.1, 0.15) is 0 Å². The minimum absolute atomic E-state index is 0.0768. The van der Waals surface area contributed by atoms with Crippen molar-refractivity contribution in [3.8, 4) is 0 Å². The van der Waals surface area contributed by atoms with E-state index in [0.717, 1.165) is 29.7 Å². The van der Waals surface area contributed by atoms with Crippen molar-refractivity contribution in [3.63, 3.8) is 0 Å². The third-order valence-corrected chi connectivity index (χ3v) is 4.51. The number of hydrogen-bond acceptors (Lipinski definition) is 3. The summed E-state index contributed by atoms with van der Waals surface area (Å²) in [5, 5.41) is 7.63. The van der Waals surface area contributed by atoms with Crippen LogP contribution in [0.3, 0.4) is 0 Å². The zero-order valence-corrected chi connectivity index (χ0v) is 14.3. The van der Waals surface area contributed by atoms with E-state index in [9.17, 15) is 9.59 Å². The van der Waals surface area contributed by atoms with Crippen LogP contribution in [-0.2, 0) is 17.6 Å². The second-order valence-electron chi connectivity index (χ2n) is 5.19. The summed E-state index contributed by atoms with van der Waals surface area (Å²) in [6.07, 6.45) is 2.01. The zero-order valence-electron chi connectivity index (χ0n) is 13.5. The lowest BCUT2D eigenvalue weighted by Gasteiger charge is -2.14. The molecule has 0 spiro atoms. The van der Waals surface area contributed by atoms with Gasteiger partial charge in [-0.3, -0.25) is 9.59 Å². The van der Waals surface area contributed by atoms with Crippen molar-refractivity contribution < 1.29 is 9.59 Å². The SMILES string of the molecule is CCc1cccc(CC)c1NC(=O)CCNC(=O)c1cccs1. The van der Waals surface area contributed by atoms with Gasteiger partial charge in [-0.2, -0.15) is 0 Å². The average Bonchev–Trinajstić information content (AvgIpc) is 3.09. The quantitative estimate of drug-likeness (QED) is 0.814. The lowest BCUT2D eigenvalue weighted by Crippen LogP contribution is -2.27. The molecule has 5 heteroatoms. The van der Waals surface area contributed by atoms with Gasteiger partial charge in [-0.1, -0.05) is 38.1 Å². The van der Waals surface area contributed by atoms with E-state index in [1.54, 1.807) is 6.07 Å². The van der Waals surface area contributed by atoms with Crippen molar-refractivity contribution in [2.45, 2.75) is 33.1 Å². The van der Waals surface area contributed by atoms with Gasteiger partial charge in [0.05, 0.1) is 4.88 Å². The largest absolute Gasteiger partial charge is 0.351 e. The predicted octanol–water partition coefficient (Wildman–Crippen LogP) is 3.63. The van der Waals surface area contributed by atoms with E-state index in [2.05, 4.69) is 24.5 Å². The molecule has 1 aromatic heterocycles. The van der Waals surface area contributed by atoms with Gasteiger partial charge in [-0.05, 0) is 35.4 Å². The van der Waals surface area contributed by atoms with Gasteiger partial charge < -0.3 is 10.6 Å². The highest BCUT2D eigenvalue weighted by molar-refractivity contribution is 7.12. The molecule has 4 nitrogen and oxygen atoms in total. The highest BCUT2D eigenvalue weighted by Crippen LogP contribution is 2.22. The molecule has 0 radical (unpaired) electrons. The monoisotopic (exact) mass is 330 g/mol. The number of hydrogen-bond donors (Lipinski definition) is 2. The van der Waals surface area contributed by atoms with E-state index in [4.69, 9.17) is 0 Å². The molecule has 0 aliphatic heterocycles. The van der Waals surface area contributed by atoms with Crippen molar-refractivity contribution in [1.82, 2.24) is 5.32 Å². The summed E-state index contributed by atoms with van der Waals surface area (Å²) in [5.41, 5.74) is 3.20. The molecule has 0 aliphatic carbocycles. The summed E-state index contributed by atoms with van der Waals surface area (Å²) in [6.45, 7) is 4.48. The number of para-hydroxylation sites is 1. The topological polar surface area (TPSA) is 58.2 Å². The van der Waals surface area contributed by atoms with E-state index in [1.807, 2.05) is 29.6 Å². The van der Waals surface area contributed by atoms with Crippen LogP contribution in [-0.4, -0.2) is 18.4 Å². The van der Waals surface area contributed by atoms with Gasteiger partial charge in [0.25, 0.3) is 5.91 Å². The predicted molar refractivity (Wildman–Crippen MR) is 95.1 cm³/mol. The van der Waals surface area contributed by atoms with Crippen LogP contribution in [0.1, 0.15) is 41.1 Å². The van der Waals surface area contributed by atoms with Gasteiger partial charge in [0.15, 0.2) is 0 Å². The third-order valence-electron chi connectivity index (χ3n) is 3.65. The standard InChI is InChI=1S/C18H22N2O2S/c1-3-13-7-5-8-14(4-2)17(13)20-16(21)10-11-19-18(22)15-9-6-12-23-15/h5-9,12H,3-4,10-11H2,1-2H3,(H,19,22)(H,20,21). The van der Waals surface area contributed by atoms with Crippen LogP contribution in [0.2, 0.25) is 0 Å². The number of carbonyl (C=O) groups is 2. The minimum Gasteiger partial charge on any atom is -0.351 e. The maximum Gasteiger partial charge on any atom is 0.261 e. The van der Waals surface area contributed by atoms with Crippen LogP contribution in [0.4, 0.5) is 5.69 Å². The molecular weight excluding hydrogens is 308 g/mol. The first-order valence-corrected chi connectivity index (χ1v) is 8.76. The molecule has 23 heavy (non-hydrogen) atoms. The highest BCUT2D eigenvalue weighted by Gasteiger charge is 2.11. The maximum atomic E-state index is 12.2. The molecule has 0 atom stereocenters. The fourth-order valence-corrected chi connectivity index (χ4v) is 3.03. The summed E-state index contributed by atoms with van der Waals surface area (Å²) < 4.78 is 0. The minimum atomic E-state index is -0.129. The Bertz CT molecular complexity index is 643. The molecule has 2 N–H and O–H groups in total. The Kier molecular flexibility index (Phi) is 6.35. The summed E-state index contributed by atoms with van der Waals surface area (Å²) in [7, 11) is 0. The first kappa shape index (κ1) is 17.2. The van der Waals surface area contributed by atoms with Crippen LogP contribution < -0.4 is 10.6 Å². The van der Waals surface area contributed by atoms with Crippen LogP contribution in [0, 0.1) is 0 Å². The van der Waals surface area contributed by atoms with Crippen molar-refractivity contribution in [2.75, 3.05) is 11.9 Å². The smallest absolute Gasteiger partial charge is 0.261 e. The molecule has 1 heterocycles. The number of benzene rings is 1. The molecule has 2 aromatic rings. The molecule has 0 saturated heterocycles. The average molecular weight is 330 g/mol. The van der Waals surface area contributed by atoms with E-state index < -0.39 is 0 Å². The lowest BCUT2D eigenvalue weighted by molar-refractivity contribution is -0.116. The highest BCUT2D eigenvalue weighted by atomic mass is 32.1. The second-order valence-corrected chi connectivity index (χ2v) is 6.14. The molecule has 122 valence electrons. The van der Waals surface area contributed by atoms with E-state index in [0.29, 0.717) is 11.4 Å². The molecule has 2 rings (SSSR count). The lowest BCUT2D eigenvalue weighted by atomic mass is 10.0. The zero-order chi connectivity index (χ0) is 16.7. The van der Waals surface area contributed by atoms with Crippen molar-refractivity contribution >= 4 is 28.8 Å². The molecule has 2 amide bonds. The Morgan fingerprint density at radius 2 is 1.74 bits per heavy atom. The van der Waals surface area contributed by atoms with Crippen LogP contribution >= 0.6 is 11.3 Å². The van der Waals surface area contributed by atoms with Crippen LogP contribution in [0.5, 0.6) is 0 Å². The summed E-state index contributed by atoms with van der Waals surface area (Å²) in [6, 6.07) is 9.70. The van der Waals surface area contributed by atoms with Gasteiger partial charge in [0.2, 0.25) is 5.91 Å². The van der Waals surface area contributed by atoms with Crippen LogP contribution in [0.25, 0.3) is 0 Å². The van der Waals surface area contributed by atoms with Gasteiger partial charge in [0, 0.05) is 18.7 Å². The number of aryl methyl sites for hydroxylation is 2. The molecule has 0 bridgehead atoms. The molecule has 0 aliphatic rings. The number of nitrogens with one attached hydrogen (secondary N) is 2. The summed E-state index contributed by atoms with van der Waals surface area (Å²) in [4.78, 5) is 24.6. The van der Waals surface area contributed by atoms with E-state index >= 15 is 0 Å². The second kappa shape index (κ2) is 8.48. The Morgan fingerprint density at radius 1 is 1.04 bits per heavy atom. The van der Waals surface area contributed by atoms with Crippen molar-refractivity contribution in [2.24, 2.45) is 0 Å². The number of carbonyl (C=O) groups excluding carboxylic acids is 2. The third kappa shape index (κ3) is 4.66. The fourth-order valence-electron chi connectivity index (χ4n) is 2.39. The van der Waals surface area contributed by atoms with E-state index in [-0.39, 0.29) is 18.2 Å². The number of amides is 2. The molecular formula is C18H22N2O2S. The van der Waals surface area contributed by atoms with Gasteiger partial charge >= 0.3 is 0 Å². The fraction of sp³-hybridized carbons (Fsp3) is 0.333. The van der Waals surface area contributed by atoms with Crippen molar-refractivity contribution in [3.05, 3.63) is 51.7 Å². The Hall–Kier alpha value is -2.14. The molecule has 0 saturated carbocycles. The Labute approximate surface area is 140 Å². The number of rotatable bonds is 7. The molecule has 0 unspecified atom stereocenters. The summed E-state index contributed by atoms with van der Waals surface area (Å²) in [5.74, 6) is -0.205. The van der Waals surface area contributed by atoms with Crippen LogP contribution in [0.15, 0.2) is 35.7 Å². The Morgan fingerprint density at radius 3 is 2.30 bits per heavy atom. The van der Waals surface area contributed by atoms with Crippen molar-refractivity contribution in [1.29, 1.82) is 0 Å². The van der Waals surface area contributed by atoms with Gasteiger partial charge in [-0.15, -0.1) is 11.3 Å². The maximum absolute atomic E-state index is 12.2. The normalized spacial score (nSPS) is 10.3. The Balaban J connectivity index is 1.89. The number of thiophene rings is 1. The molecule has 1 aromatic carbocycles. The first-order chi connectivity index (χ1) is 11.2. The van der Waals surface area contributed by atoms with Gasteiger partial charge in [-0.25, -0.2) is 0 Å². The number of anilines is 1. The first-order valence-electron chi connectivity index (χ1n) is 7.88. The summed E-state index contributed by atoms with van der Waals surface area (Å²) >= 11 is 1.39.